The summed E-state index contributed by atoms with van der Waals surface area (Å²) in [7, 11) is 5.02. The predicted molar refractivity (Wildman–Crippen MR) is 103 cm³/mol. The Kier molecular flexibility index (Phi) is 8.04. The lowest BCUT2D eigenvalue weighted by Gasteiger charge is -2.17. The minimum atomic E-state index is -0.114. The molecule has 0 saturated carbocycles. The van der Waals surface area contributed by atoms with E-state index in [4.69, 9.17) is 15.2 Å². The van der Waals surface area contributed by atoms with Gasteiger partial charge >= 0.3 is 0 Å². The molecule has 0 bridgehead atoms. The van der Waals surface area contributed by atoms with Crippen LogP contribution in [-0.2, 0) is 11.3 Å². The van der Waals surface area contributed by atoms with E-state index in [1.54, 1.807) is 32.4 Å². The zero-order chi connectivity index (χ0) is 17.5. The summed E-state index contributed by atoms with van der Waals surface area (Å²) in [6, 6.07) is 12.9. The first kappa shape index (κ1) is 20.6. The molecule has 0 radical (unpaired) electrons. The lowest BCUT2D eigenvalue weighted by Crippen LogP contribution is -2.29. The Balaban J connectivity index is 0.00000312. The summed E-state index contributed by atoms with van der Waals surface area (Å²) in [5.41, 5.74) is 8.18. The zero-order valence-corrected chi connectivity index (χ0v) is 15.4. The van der Waals surface area contributed by atoms with E-state index in [0.717, 1.165) is 5.56 Å². The van der Waals surface area contributed by atoms with Crippen molar-refractivity contribution in [2.75, 3.05) is 38.9 Å². The van der Waals surface area contributed by atoms with Crippen LogP contribution in [0, 0.1) is 0 Å². The predicted octanol–water partition coefficient (Wildman–Crippen LogP) is 2.78. The fraction of sp³-hybridized carbons (Fsp3) is 0.278. The van der Waals surface area contributed by atoms with Crippen molar-refractivity contribution in [3.8, 4) is 11.5 Å². The molecule has 136 valence electrons. The number of benzene rings is 2. The Morgan fingerprint density at radius 3 is 2.32 bits per heavy atom. The molecule has 0 atom stereocenters. The van der Waals surface area contributed by atoms with Gasteiger partial charge in [-0.15, -0.1) is 12.4 Å². The molecule has 0 unspecified atom stereocenters. The summed E-state index contributed by atoms with van der Waals surface area (Å²) in [5, 5.41) is 2.85. The Morgan fingerprint density at radius 2 is 1.76 bits per heavy atom. The second-order valence-electron chi connectivity index (χ2n) is 5.57. The van der Waals surface area contributed by atoms with Crippen LogP contribution < -0.4 is 20.5 Å². The van der Waals surface area contributed by atoms with Crippen LogP contribution in [0.4, 0.5) is 11.4 Å². The largest absolute Gasteiger partial charge is 0.497 e. The maximum Gasteiger partial charge on any atom is 0.238 e. The van der Waals surface area contributed by atoms with Crippen molar-refractivity contribution in [2.24, 2.45) is 0 Å². The van der Waals surface area contributed by atoms with Crippen LogP contribution in [0.25, 0.3) is 0 Å². The number of nitrogens with two attached hydrogens (primary N) is 1. The van der Waals surface area contributed by atoms with E-state index in [9.17, 15) is 4.79 Å². The van der Waals surface area contributed by atoms with Gasteiger partial charge < -0.3 is 20.5 Å². The summed E-state index contributed by atoms with van der Waals surface area (Å²) < 4.78 is 10.4. The lowest BCUT2D eigenvalue weighted by atomic mass is 10.2. The molecule has 0 spiro atoms. The molecular formula is C18H24ClN3O3. The number of nitrogen functional groups attached to an aromatic ring is 1. The number of carbonyl (C=O) groups excluding carboxylic acids is 1. The average Bonchev–Trinajstić information content (AvgIpc) is 2.54. The first-order valence-electron chi connectivity index (χ1n) is 7.56. The number of likely N-dealkylation sites (N-methyl/N-ethyl adjacent to an activating group) is 1. The van der Waals surface area contributed by atoms with Crippen LogP contribution in [0.15, 0.2) is 42.5 Å². The third-order valence-corrected chi connectivity index (χ3v) is 3.45. The molecule has 0 aliphatic rings. The first-order chi connectivity index (χ1) is 11.5. The van der Waals surface area contributed by atoms with Gasteiger partial charge in [-0.3, -0.25) is 9.69 Å². The van der Waals surface area contributed by atoms with Crippen LogP contribution >= 0.6 is 12.4 Å². The van der Waals surface area contributed by atoms with E-state index in [2.05, 4.69) is 5.32 Å². The maximum atomic E-state index is 12.2. The maximum absolute atomic E-state index is 12.2. The number of carbonyl (C=O) groups is 1. The molecule has 1 amide bonds. The van der Waals surface area contributed by atoms with Crippen LogP contribution in [0.5, 0.6) is 11.5 Å². The molecule has 6 nitrogen and oxygen atoms in total. The normalized spacial score (nSPS) is 10.1. The van der Waals surface area contributed by atoms with E-state index < -0.39 is 0 Å². The van der Waals surface area contributed by atoms with Crippen molar-refractivity contribution < 1.29 is 14.3 Å². The number of anilines is 2. The monoisotopic (exact) mass is 365 g/mol. The van der Waals surface area contributed by atoms with E-state index in [1.807, 2.05) is 36.2 Å². The second-order valence-corrected chi connectivity index (χ2v) is 5.57. The van der Waals surface area contributed by atoms with Crippen molar-refractivity contribution in [1.82, 2.24) is 4.90 Å². The lowest BCUT2D eigenvalue weighted by molar-refractivity contribution is -0.117. The van der Waals surface area contributed by atoms with Gasteiger partial charge in [-0.25, -0.2) is 0 Å². The summed E-state index contributed by atoms with van der Waals surface area (Å²) in [6.07, 6.45) is 0. The first-order valence-corrected chi connectivity index (χ1v) is 7.56. The zero-order valence-electron chi connectivity index (χ0n) is 14.6. The third kappa shape index (κ3) is 6.52. The van der Waals surface area contributed by atoms with Crippen molar-refractivity contribution in [2.45, 2.75) is 6.54 Å². The van der Waals surface area contributed by atoms with Crippen LogP contribution in [0.3, 0.4) is 0 Å². The van der Waals surface area contributed by atoms with Gasteiger partial charge in [0.05, 0.1) is 20.8 Å². The molecule has 25 heavy (non-hydrogen) atoms. The molecule has 0 aliphatic carbocycles. The van der Waals surface area contributed by atoms with Gasteiger partial charge in [0.1, 0.15) is 11.5 Å². The molecule has 2 rings (SSSR count). The summed E-state index contributed by atoms with van der Waals surface area (Å²) in [4.78, 5) is 14.1. The van der Waals surface area contributed by atoms with Crippen molar-refractivity contribution in [3.63, 3.8) is 0 Å². The fourth-order valence-corrected chi connectivity index (χ4v) is 2.38. The quantitative estimate of drug-likeness (QED) is 0.738. The van der Waals surface area contributed by atoms with Gasteiger partial charge in [-0.2, -0.15) is 0 Å². The van der Waals surface area contributed by atoms with Gasteiger partial charge in [-0.1, -0.05) is 12.1 Å². The molecule has 7 heteroatoms. The number of hydrogen-bond acceptors (Lipinski definition) is 5. The summed E-state index contributed by atoms with van der Waals surface area (Å²) in [5.74, 6) is 1.13. The number of nitrogens with zero attached hydrogens (tertiary/aromatic N) is 1. The standard InChI is InChI=1S/C18H23N3O3.ClH/c1-21(11-13-5-4-6-14(19)7-13)12-18(22)20-15-8-16(23-2)10-17(9-15)24-3;/h4-10H,11-12,19H2,1-3H3,(H,20,22);1H. The SMILES string of the molecule is COc1cc(NC(=O)CN(C)Cc2cccc(N)c2)cc(OC)c1.Cl. The van der Waals surface area contributed by atoms with Crippen molar-refractivity contribution >= 4 is 29.7 Å². The Bertz CT molecular complexity index is 687. The third-order valence-electron chi connectivity index (χ3n) is 3.45. The highest BCUT2D eigenvalue weighted by Crippen LogP contribution is 2.25. The Morgan fingerprint density at radius 1 is 1.12 bits per heavy atom. The van der Waals surface area contributed by atoms with Crippen LogP contribution in [-0.4, -0.2) is 38.6 Å². The van der Waals surface area contributed by atoms with Gasteiger partial charge in [0, 0.05) is 36.1 Å². The highest BCUT2D eigenvalue weighted by molar-refractivity contribution is 5.92. The minimum Gasteiger partial charge on any atom is -0.497 e. The molecular weight excluding hydrogens is 342 g/mol. The van der Waals surface area contributed by atoms with E-state index >= 15 is 0 Å². The minimum absolute atomic E-state index is 0. The number of halogens is 1. The molecule has 0 aromatic heterocycles. The number of methoxy groups -OCH3 is 2. The molecule has 0 saturated heterocycles. The van der Waals surface area contributed by atoms with Crippen molar-refractivity contribution in [3.05, 3.63) is 48.0 Å². The number of amides is 1. The summed E-state index contributed by atoms with van der Waals surface area (Å²) in [6.45, 7) is 0.897. The molecule has 0 fully saturated rings. The Labute approximate surface area is 154 Å². The smallest absolute Gasteiger partial charge is 0.238 e. The average molecular weight is 366 g/mol. The van der Waals surface area contributed by atoms with Gasteiger partial charge in [0.2, 0.25) is 5.91 Å². The molecule has 0 heterocycles. The van der Waals surface area contributed by atoms with Crippen LogP contribution in [0.1, 0.15) is 5.56 Å². The highest BCUT2D eigenvalue weighted by atomic mass is 35.5. The molecule has 3 N–H and O–H groups in total. The van der Waals surface area contributed by atoms with E-state index in [1.165, 1.54) is 0 Å². The highest BCUT2D eigenvalue weighted by Gasteiger charge is 2.09. The fourth-order valence-electron chi connectivity index (χ4n) is 2.38. The molecule has 2 aromatic rings. The topological polar surface area (TPSA) is 76.8 Å². The molecule has 2 aromatic carbocycles. The summed E-state index contributed by atoms with van der Waals surface area (Å²) >= 11 is 0. The van der Waals surface area contributed by atoms with E-state index in [0.29, 0.717) is 29.4 Å². The van der Waals surface area contributed by atoms with Gasteiger partial charge in [0.25, 0.3) is 0 Å². The van der Waals surface area contributed by atoms with E-state index in [-0.39, 0.29) is 24.9 Å². The van der Waals surface area contributed by atoms with Gasteiger partial charge in [0.15, 0.2) is 0 Å². The van der Waals surface area contributed by atoms with Crippen molar-refractivity contribution in [1.29, 1.82) is 0 Å². The number of hydrogen-bond donors (Lipinski definition) is 2. The Hall–Kier alpha value is -2.44. The number of rotatable bonds is 7. The van der Waals surface area contributed by atoms with Gasteiger partial charge in [-0.05, 0) is 24.7 Å². The number of nitrogens with one attached hydrogen (secondary N) is 1. The second kappa shape index (κ2) is 9.76. The molecule has 0 aliphatic heterocycles. The van der Waals surface area contributed by atoms with Crippen LogP contribution in [0.2, 0.25) is 0 Å². The number of ether oxygens (including phenoxy) is 2.